The summed E-state index contributed by atoms with van der Waals surface area (Å²) in [6.45, 7) is 3.12. The lowest BCUT2D eigenvalue weighted by Crippen LogP contribution is -2.09. The predicted molar refractivity (Wildman–Crippen MR) is 60.4 cm³/mol. The van der Waals surface area contributed by atoms with E-state index >= 15 is 0 Å². The highest BCUT2D eigenvalue weighted by atomic mass is 32.2. The number of rotatable bonds is 0. The zero-order valence-corrected chi connectivity index (χ0v) is 9.03. The summed E-state index contributed by atoms with van der Waals surface area (Å²) in [5.41, 5.74) is 2.18. The van der Waals surface area contributed by atoms with Gasteiger partial charge in [-0.3, -0.25) is 0 Å². The van der Waals surface area contributed by atoms with E-state index in [0.717, 1.165) is 23.5 Å². The van der Waals surface area contributed by atoms with Gasteiger partial charge in [0.05, 0.1) is 0 Å². The summed E-state index contributed by atoms with van der Waals surface area (Å²) in [4.78, 5) is 0. The fraction of sp³-hybridized carbons (Fsp3) is 0.455. The topological polar surface area (TPSA) is 12.0 Å². The van der Waals surface area contributed by atoms with E-state index < -0.39 is 0 Å². The average molecular weight is 211 g/mol. The molecule has 76 valence electrons. The van der Waals surface area contributed by atoms with Gasteiger partial charge in [-0.25, -0.2) is 4.39 Å². The highest BCUT2D eigenvalue weighted by molar-refractivity contribution is 7.99. The first-order valence-electron chi connectivity index (χ1n) is 4.92. The maximum Gasteiger partial charge on any atom is 0.123 e. The van der Waals surface area contributed by atoms with Gasteiger partial charge in [-0.2, -0.15) is 11.8 Å². The lowest BCUT2D eigenvalue weighted by atomic mass is 10.1. The number of halogens is 1. The van der Waals surface area contributed by atoms with Gasteiger partial charge in [0.25, 0.3) is 0 Å². The molecule has 0 aliphatic carbocycles. The molecule has 2 rings (SSSR count). The van der Waals surface area contributed by atoms with Crippen LogP contribution in [0.1, 0.15) is 24.2 Å². The second-order valence-electron chi connectivity index (χ2n) is 3.52. The highest BCUT2D eigenvalue weighted by Crippen LogP contribution is 2.35. The molecule has 0 bridgehead atoms. The Bertz CT molecular complexity index is 327. The molecule has 0 fully saturated rings. The Hall–Kier alpha value is -0.700. The zero-order chi connectivity index (χ0) is 9.97. The molecule has 0 aromatic heterocycles. The summed E-state index contributed by atoms with van der Waals surface area (Å²) in [6, 6.07) is 5.00. The van der Waals surface area contributed by atoms with Crippen molar-refractivity contribution < 1.29 is 4.39 Å². The van der Waals surface area contributed by atoms with Crippen molar-refractivity contribution in [1.29, 1.82) is 0 Å². The molecule has 1 nitrogen and oxygen atoms in total. The van der Waals surface area contributed by atoms with Gasteiger partial charge in [0.15, 0.2) is 0 Å². The summed E-state index contributed by atoms with van der Waals surface area (Å²) >= 11 is 1.90. The van der Waals surface area contributed by atoms with E-state index in [4.69, 9.17) is 0 Å². The Morgan fingerprint density at radius 2 is 2.36 bits per heavy atom. The molecule has 0 radical (unpaired) electrons. The van der Waals surface area contributed by atoms with E-state index in [2.05, 4.69) is 12.2 Å². The second kappa shape index (κ2) is 4.22. The molecule has 1 aromatic carbocycles. The Morgan fingerprint density at radius 1 is 1.50 bits per heavy atom. The highest BCUT2D eigenvalue weighted by Gasteiger charge is 2.14. The van der Waals surface area contributed by atoms with Crippen LogP contribution in [0.2, 0.25) is 0 Å². The van der Waals surface area contributed by atoms with Gasteiger partial charge in [0, 0.05) is 17.5 Å². The van der Waals surface area contributed by atoms with E-state index in [1.165, 1.54) is 12.5 Å². The van der Waals surface area contributed by atoms with E-state index in [1.807, 2.05) is 17.8 Å². The van der Waals surface area contributed by atoms with Crippen molar-refractivity contribution in [3.05, 3.63) is 29.6 Å². The number of hydrogen-bond donors (Lipinski definition) is 1. The first kappa shape index (κ1) is 9.84. The van der Waals surface area contributed by atoms with Crippen molar-refractivity contribution in [2.75, 3.05) is 17.6 Å². The molecule has 1 heterocycles. The van der Waals surface area contributed by atoms with Crippen LogP contribution in [0.4, 0.5) is 10.1 Å². The molecule has 1 unspecified atom stereocenters. The average Bonchev–Trinajstić information content (AvgIpc) is 2.16. The number of fused-ring (bicyclic) bond motifs is 1. The van der Waals surface area contributed by atoms with Gasteiger partial charge in [0.2, 0.25) is 0 Å². The molecule has 1 N–H and O–H groups in total. The fourth-order valence-corrected chi connectivity index (χ4v) is 2.72. The van der Waals surface area contributed by atoms with E-state index in [1.54, 1.807) is 6.07 Å². The van der Waals surface area contributed by atoms with Crippen molar-refractivity contribution >= 4 is 17.4 Å². The van der Waals surface area contributed by atoms with Crippen molar-refractivity contribution in [3.8, 4) is 0 Å². The molecular formula is C11H14FNS. The first-order valence-corrected chi connectivity index (χ1v) is 5.97. The van der Waals surface area contributed by atoms with Crippen molar-refractivity contribution in [2.45, 2.75) is 18.6 Å². The summed E-state index contributed by atoms with van der Waals surface area (Å²) in [7, 11) is 0. The molecule has 1 aliphatic rings. The minimum absolute atomic E-state index is 0.140. The summed E-state index contributed by atoms with van der Waals surface area (Å²) in [5, 5.41) is 3.73. The third-order valence-electron chi connectivity index (χ3n) is 2.46. The number of thioether (sulfide) groups is 1. The minimum atomic E-state index is -0.140. The van der Waals surface area contributed by atoms with Crippen LogP contribution >= 0.6 is 11.8 Å². The second-order valence-corrected chi connectivity index (χ2v) is 4.97. The van der Waals surface area contributed by atoms with Gasteiger partial charge in [0.1, 0.15) is 5.82 Å². The van der Waals surface area contributed by atoms with Crippen LogP contribution in [-0.2, 0) is 0 Å². The standard InChI is InChI=1S/C11H14FNS/c1-8-10-7-9(12)3-4-11(10)13-5-2-6-14-8/h3-4,7-8,13H,2,5-6H2,1H3. The molecule has 3 heteroatoms. The first-order chi connectivity index (χ1) is 6.77. The van der Waals surface area contributed by atoms with Gasteiger partial charge in [-0.15, -0.1) is 0 Å². The number of anilines is 1. The largest absolute Gasteiger partial charge is 0.385 e. The fourth-order valence-electron chi connectivity index (χ4n) is 1.68. The van der Waals surface area contributed by atoms with Crippen LogP contribution in [-0.4, -0.2) is 12.3 Å². The third kappa shape index (κ3) is 2.03. The molecule has 0 saturated carbocycles. The molecule has 0 saturated heterocycles. The summed E-state index contributed by atoms with van der Waals surface area (Å²) in [6.07, 6.45) is 1.17. The van der Waals surface area contributed by atoms with E-state index in [-0.39, 0.29) is 5.82 Å². The summed E-state index contributed by atoms with van der Waals surface area (Å²) in [5.74, 6) is 1.00. The molecule has 14 heavy (non-hydrogen) atoms. The predicted octanol–water partition coefficient (Wildman–Crippen LogP) is 3.44. The summed E-state index contributed by atoms with van der Waals surface area (Å²) < 4.78 is 13.1. The van der Waals surface area contributed by atoms with Crippen molar-refractivity contribution in [3.63, 3.8) is 0 Å². The maximum absolute atomic E-state index is 13.1. The van der Waals surface area contributed by atoms with Crippen LogP contribution in [0.3, 0.4) is 0 Å². The van der Waals surface area contributed by atoms with Crippen LogP contribution in [0.15, 0.2) is 18.2 Å². The van der Waals surface area contributed by atoms with Crippen molar-refractivity contribution in [1.82, 2.24) is 0 Å². The smallest absolute Gasteiger partial charge is 0.123 e. The quantitative estimate of drug-likeness (QED) is 0.705. The number of benzene rings is 1. The Balaban J connectivity index is 2.36. The number of hydrogen-bond acceptors (Lipinski definition) is 2. The van der Waals surface area contributed by atoms with Crippen LogP contribution in [0.5, 0.6) is 0 Å². The molecule has 1 atom stereocenters. The van der Waals surface area contributed by atoms with Gasteiger partial charge in [-0.1, -0.05) is 0 Å². The Labute approximate surface area is 88.1 Å². The minimum Gasteiger partial charge on any atom is -0.385 e. The van der Waals surface area contributed by atoms with Gasteiger partial charge in [-0.05, 0) is 42.9 Å². The zero-order valence-electron chi connectivity index (χ0n) is 8.22. The molecule has 1 aliphatic heterocycles. The SMILES string of the molecule is CC1SCCCNc2ccc(F)cc21. The van der Waals surface area contributed by atoms with E-state index in [0.29, 0.717) is 5.25 Å². The van der Waals surface area contributed by atoms with Gasteiger partial charge < -0.3 is 5.32 Å². The molecular weight excluding hydrogens is 197 g/mol. The maximum atomic E-state index is 13.1. The van der Waals surface area contributed by atoms with Crippen LogP contribution < -0.4 is 5.32 Å². The van der Waals surface area contributed by atoms with E-state index in [9.17, 15) is 4.39 Å². The Morgan fingerprint density at radius 3 is 3.21 bits per heavy atom. The lowest BCUT2D eigenvalue weighted by molar-refractivity contribution is 0.625. The monoisotopic (exact) mass is 211 g/mol. The van der Waals surface area contributed by atoms with Gasteiger partial charge >= 0.3 is 0 Å². The van der Waals surface area contributed by atoms with Crippen molar-refractivity contribution in [2.24, 2.45) is 0 Å². The van der Waals surface area contributed by atoms with Crippen LogP contribution in [0, 0.1) is 5.82 Å². The molecule has 0 amide bonds. The number of nitrogens with one attached hydrogen (secondary N) is 1. The lowest BCUT2D eigenvalue weighted by Gasteiger charge is -2.20. The molecule has 1 aromatic rings. The third-order valence-corrected chi connectivity index (χ3v) is 3.73. The van der Waals surface area contributed by atoms with Crippen LogP contribution in [0.25, 0.3) is 0 Å². The Kier molecular flexibility index (Phi) is 2.96. The molecule has 0 spiro atoms. The normalized spacial score (nSPS) is 21.7.